The zero-order valence-electron chi connectivity index (χ0n) is 11.9. The summed E-state index contributed by atoms with van der Waals surface area (Å²) in [5.74, 6) is 7.62. The molecule has 1 aromatic rings. The van der Waals surface area contributed by atoms with E-state index in [-0.39, 0.29) is 11.5 Å². The van der Waals surface area contributed by atoms with Crippen LogP contribution in [0.1, 0.15) is 39.4 Å². The van der Waals surface area contributed by atoms with Gasteiger partial charge in [-0.15, -0.1) is 0 Å². The van der Waals surface area contributed by atoms with Crippen molar-refractivity contribution in [3.8, 4) is 0 Å². The van der Waals surface area contributed by atoms with Gasteiger partial charge in [-0.05, 0) is 12.8 Å². The molecule has 1 atom stereocenters. The van der Waals surface area contributed by atoms with Crippen LogP contribution in [-0.2, 0) is 10.2 Å². The molecule has 19 heavy (non-hydrogen) atoms. The molecule has 106 valence electrons. The van der Waals surface area contributed by atoms with Crippen LogP contribution in [0.15, 0.2) is 6.07 Å². The van der Waals surface area contributed by atoms with E-state index in [9.17, 15) is 0 Å². The Morgan fingerprint density at radius 3 is 2.68 bits per heavy atom. The molecule has 2 heterocycles. The van der Waals surface area contributed by atoms with Crippen molar-refractivity contribution in [2.75, 3.05) is 23.9 Å². The van der Waals surface area contributed by atoms with Crippen molar-refractivity contribution < 1.29 is 4.74 Å². The van der Waals surface area contributed by atoms with Crippen molar-refractivity contribution >= 4 is 11.6 Å². The minimum absolute atomic E-state index is 0.118. The molecule has 0 amide bonds. The predicted molar refractivity (Wildman–Crippen MR) is 76.0 cm³/mol. The molecular weight excluding hydrogens is 242 g/mol. The Bertz CT molecular complexity index is 424. The highest BCUT2D eigenvalue weighted by Crippen LogP contribution is 2.22. The molecule has 1 fully saturated rings. The highest BCUT2D eigenvalue weighted by molar-refractivity contribution is 5.47. The lowest BCUT2D eigenvalue weighted by atomic mass is 9.96. The summed E-state index contributed by atoms with van der Waals surface area (Å²) >= 11 is 0. The minimum Gasteiger partial charge on any atom is -0.376 e. The average Bonchev–Trinajstić information content (AvgIpc) is 2.88. The SMILES string of the molecule is CC(C)(C)c1nc(NN)cc(NCC2CCCO2)n1. The van der Waals surface area contributed by atoms with Gasteiger partial charge in [-0.1, -0.05) is 20.8 Å². The molecule has 4 N–H and O–H groups in total. The number of anilines is 2. The monoisotopic (exact) mass is 265 g/mol. The van der Waals surface area contributed by atoms with E-state index in [1.807, 2.05) is 6.07 Å². The Morgan fingerprint density at radius 1 is 1.37 bits per heavy atom. The van der Waals surface area contributed by atoms with Crippen LogP contribution in [0.2, 0.25) is 0 Å². The first-order valence-electron chi connectivity index (χ1n) is 6.70. The van der Waals surface area contributed by atoms with Crippen molar-refractivity contribution in [3.05, 3.63) is 11.9 Å². The number of rotatable bonds is 4. The fourth-order valence-corrected chi connectivity index (χ4v) is 1.97. The van der Waals surface area contributed by atoms with Crippen LogP contribution in [0.25, 0.3) is 0 Å². The third-order valence-electron chi connectivity index (χ3n) is 3.08. The van der Waals surface area contributed by atoms with Gasteiger partial charge in [0.2, 0.25) is 0 Å². The van der Waals surface area contributed by atoms with Crippen LogP contribution < -0.4 is 16.6 Å². The summed E-state index contributed by atoms with van der Waals surface area (Å²) in [6.07, 6.45) is 2.52. The molecule has 0 aliphatic carbocycles. The fraction of sp³-hybridized carbons (Fsp3) is 0.692. The number of nitrogen functional groups attached to an aromatic ring is 1. The Morgan fingerprint density at radius 2 is 2.11 bits per heavy atom. The van der Waals surface area contributed by atoms with Crippen molar-refractivity contribution in [2.24, 2.45) is 5.84 Å². The van der Waals surface area contributed by atoms with E-state index < -0.39 is 0 Å². The standard InChI is InChI=1S/C13H23N5O/c1-13(2,3)12-16-10(7-11(17-12)18-14)15-8-9-5-4-6-19-9/h7,9H,4-6,8,14H2,1-3H3,(H2,15,16,17,18). The van der Waals surface area contributed by atoms with E-state index in [0.717, 1.165) is 37.6 Å². The molecule has 0 aromatic carbocycles. The molecule has 1 aromatic heterocycles. The molecule has 6 nitrogen and oxygen atoms in total. The van der Waals surface area contributed by atoms with E-state index in [0.29, 0.717) is 5.82 Å². The summed E-state index contributed by atoms with van der Waals surface area (Å²) in [6.45, 7) is 7.86. The predicted octanol–water partition coefficient (Wildman–Crippen LogP) is 1.65. The van der Waals surface area contributed by atoms with E-state index in [1.54, 1.807) is 0 Å². The lowest BCUT2D eigenvalue weighted by Crippen LogP contribution is -2.22. The van der Waals surface area contributed by atoms with Gasteiger partial charge in [0, 0.05) is 24.6 Å². The van der Waals surface area contributed by atoms with Gasteiger partial charge in [-0.3, -0.25) is 0 Å². The van der Waals surface area contributed by atoms with E-state index in [1.165, 1.54) is 0 Å². The normalized spacial score (nSPS) is 19.5. The van der Waals surface area contributed by atoms with Crippen LogP contribution >= 0.6 is 0 Å². The largest absolute Gasteiger partial charge is 0.376 e. The van der Waals surface area contributed by atoms with E-state index in [2.05, 4.69) is 41.5 Å². The molecule has 0 spiro atoms. The number of hydrazine groups is 1. The van der Waals surface area contributed by atoms with Gasteiger partial charge in [-0.25, -0.2) is 15.8 Å². The van der Waals surface area contributed by atoms with Crippen LogP contribution in [0.5, 0.6) is 0 Å². The Hall–Kier alpha value is -1.40. The first kappa shape index (κ1) is 14.0. The van der Waals surface area contributed by atoms with Gasteiger partial charge >= 0.3 is 0 Å². The molecular formula is C13H23N5O. The molecule has 0 saturated carbocycles. The van der Waals surface area contributed by atoms with Crippen LogP contribution in [0.4, 0.5) is 11.6 Å². The Labute approximate surface area is 114 Å². The molecule has 1 aliphatic heterocycles. The second kappa shape index (κ2) is 5.71. The number of hydrogen-bond acceptors (Lipinski definition) is 6. The molecule has 0 bridgehead atoms. The van der Waals surface area contributed by atoms with Gasteiger partial charge < -0.3 is 15.5 Å². The van der Waals surface area contributed by atoms with Gasteiger partial charge in [0.25, 0.3) is 0 Å². The van der Waals surface area contributed by atoms with Crippen molar-refractivity contribution in [1.29, 1.82) is 0 Å². The Balaban J connectivity index is 2.10. The molecule has 6 heteroatoms. The fourth-order valence-electron chi connectivity index (χ4n) is 1.97. The zero-order chi connectivity index (χ0) is 13.9. The van der Waals surface area contributed by atoms with Gasteiger partial charge in [0.1, 0.15) is 17.5 Å². The highest BCUT2D eigenvalue weighted by Gasteiger charge is 2.20. The molecule has 1 aliphatic rings. The van der Waals surface area contributed by atoms with Gasteiger partial charge in [-0.2, -0.15) is 0 Å². The number of nitrogens with two attached hydrogens (primary N) is 1. The number of nitrogens with one attached hydrogen (secondary N) is 2. The van der Waals surface area contributed by atoms with Crippen LogP contribution in [0.3, 0.4) is 0 Å². The van der Waals surface area contributed by atoms with Crippen molar-refractivity contribution in [1.82, 2.24) is 9.97 Å². The van der Waals surface area contributed by atoms with E-state index >= 15 is 0 Å². The lowest BCUT2D eigenvalue weighted by molar-refractivity contribution is 0.120. The van der Waals surface area contributed by atoms with Crippen molar-refractivity contribution in [3.63, 3.8) is 0 Å². The number of ether oxygens (including phenoxy) is 1. The van der Waals surface area contributed by atoms with Gasteiger partial charge in [0.15, 0.2) is 0 Å². The first-order chi connectivity index (χ1) is 8.99. The zero-order valence-corrected chi connectivity index (χ0v) is 11.9. The number of hydrogen-bond donors (Lipinski definition) is 3. The van der Waals surface area contributed by atoms with E-state index in [4.69, 9.17) is 10.6 Å². The van der Waals surface area contributed by atoms with Crippen molar-refractivity contribution in [2.45, 2.75) is 45.1 Å². The molecule has 1 saturated heterocycles. The topological polar surface area (TPSA) is 85.1 Å². The maximum atomic E-state index is 5.58. The quantitative estimate of drug-likeness (QED) is 0.567. The second-order valence-corrected chi connectivity index (χ2v) is 5.87. The molecule has 2 rings (SSSR count). The minimum atomic E-state index is -0.118. The lowest BCUT2D eigenvalue weighted by Gasteiger charge is -2.19. The van der Waals surface area contributed by atoms with Crippen LogP contribution in [0, 0.1) is 0 Å². The molecule has 0 radical (unpaired) electrons. The summed E-state index contributed by atoms with van der Waals surface area (Å²) in [7, 11) is 0. The highest BCUT2D eigenvalue weighted by atomic mass is 16.5. The number of aromatic nitrogens is 2. The second-order valence-electron chi connectivity index (χ2n) is 5.87. The first-order valence-corrected chi connectivity index (χ1v) is 6.70. The summed E-state index contributed by atoms with van der Waals surface area (Å²) in [6, 6.07) is 1.81. The third-order valence-corrected chi connectivity index (χ3v) is 3.08. The summed E-state index contributed by atoms with van der Waals surface area (Å²) in [5.41, 5.74) is 2.47. The van der Waals surface area contributed by atoms with Gasteiger partial charge in [0.05, 0.1) is 6.10 Å². The summed E-state index contributed by atoms with van der Waals surface area (Å²) in [5, 5.41) is 3.30. The third kappa shape index (κ3) is 3.78. The van der Waals surface area contributed by atoms with Crippen LogP contribution in [-0.4, -0.2) is 29.2 Å². The summed E-state index contributed by atoms with van der Waals surface area (Å²) in [4.78, 5) is 8.92. The average molecular weight is 265 g/mol. The number of nitrogens with zero attached hydrogens (tertiary/aromatic N) is 2. The maximum absolute atomic E-state index is 5.58. The molecule has 1 unspecified atom stereocenters. The maximum Gasteiger partial charge on any atom is 0.145 e. The smallest absolute Gasteiger partial charge is 0.145 e. The Kier molecular flexibility index (Phi) is 4.21. The summed E-state index contributed by atoms with van der Waals surface area (Å²) < 4.78 is 5.58.